The molecule has 0 fully saturated rings. The maximum Gasteiger partial charge on any atom is 0.306 e. The van der Waals surface area contributed by atoms with Gasteiger partial charge < -0.3 is 18.9 Å². The quantitative estimate of drug-likeness (QED) is 0.435. The highest BCUT2D eigenvalue weighted by Gasteiger charge is 2.10. The van der Waals surface area contributed by atoms with Crippen LogP contribution in [0, 0.1) is 0 Å². The first-order valence-corrected chi connectivity index (χ1v) is 9.27. The molecule has 0 aliphatic heterocycles. The lowest BCUT2D eigenvalue weighted by molar-refractivity contribution is -0.143. The molecule has 5 heteroatoms. The zero-order valence-electron chi connectivity index (χ0n) is 16.3. The molecule has 146 valence electrons. The molecule has 0 atom stereocenters. The fourth-order valence-corrected chi connectivity index (χ4v) is 2.59. The summed E-state index contributed by atoms with van der Waals surface area (Å²) in [6, 6.07) is 14.0. The van der Waals surface area contributed by atoms with Gasteiger partial charge in [-0.1, -0.05) is 37.3 Å². The van der Waals surface area contributed by atoms with Crippen LogP contribution in [0.15, 0.2) is 42.5 Å². The van der Waals surface area contributed by atoms with Gasteiger partial charge in [-0.25, -0.2) is 0 Å². The number of rotatable bonds is 11. The molecule has 0 unspecified atom stereocenters. The van der Waals surface area contributed by atoms with Crippen LogP contribution in [0.1, 0.15) is 37.0 Å². The number of esters is 1. The van der Waals surface area contributed by atoms with Gasteiger partial charge in [0.15, 0.2) is 6.79 Å². The van der Waals surface area contributed by atoms with Crippen LogP contribution in [0.4, 0.5) is 0 Å². The largest absolute Gasteiger partial charge is 0.488 e. The molecule has 2 aromatic rings. The fourth-order valence-electron chi connectivity index (χ4n) is 2.59. The van der Waals surface area contributed by atoms with Gasteiger partial charge in [-0.15, -0.1) is 0 Å². The van der Waals surface area contributed by atoms with Crippen LogP contribution in [-0.2, 0) is 33.7 Å². The first-order valence-electron chi connectivity index (χ1n) is 9.27. The minimum atomic E-state index is -0.210. The van der Waals surface area contributed by atoms with Crippen molar-refractivity contribution < 1.29 is 23.7 Å². The van der Waals surface area contributed by atoms with Crippen LogP contribution >= 0.6 is 0 Å². The molecule has 0 N–H and O–H groups in total. The van der Waals surface area contributed by atoms with Crippen molar-refractivity contribution in [2.45, 2.75) is 39.7 Å². The van der Waals surface area contributed by atoms with E-state index < -0.39 is 0 Å². The smallest absolute Gasteiger partial charge is 0.306 e. The third-order valence-corrected chi connectivity index (χ3v) is 4.11. The summed E-state index contributed by atoms with van der Waals surface area (Å²) in [6.07, 6.45) is 1.87. The van der Waals surface area contributed by atoms with Crippen LogP contribution in [0.3, 0.4) is 0 Å². The van der Waals surface area contributed by atoms with Crippen LogP contribution in [0.2, 0.25) is 0 Å². The molecule has 0 spiro atoms. The van der Waals surface area contributed by atoms with E-state index in [9.17, 15) is 4.79 Å². The van der Waals surface area contributed by atoms with Gasteiger partial charge in [-0.3, -0.25) is 4.79 Å². The highest BCUT2D eigenvalue weighted by molar-refractivity contribution is 5.69. The molecule has 0 saturated carbocycles. The van der Waals surface area contributed by atoms with E-state index in [4.69, 9.17) is 18.9 Å². The SMILES string of the molecule is CCOC(=O)CCc1ccc(OCOC)cc1OCc1ccc(CC)cc1. The van der Waals surface area contributed by atoms with Crippen molar-refractivity contribution in [3.8, 4) is 11.5 Å². The molecule has 0 heterocycles. The molecule has 0 aromatic heterocycles. The summed E-state index contributed by atoms with van der Waals surface area (Å²) in [5.74, 6) is 1.15. The Bertz CT molecular complexity index is 709. The molecule has 0 aliphatic carbocycles. The van der Waals surface area contributed by atoms with Crippen molar-refractivity contribution >= 4 is 5.97 Å². The normalized spacial score (nSPS) is 10.5. The Labute approximate surface area is 161 Å². The van der Waals surface area contributed by atoms with Crippen molar-refractivity contribution in [2.24, 2.45) is 0 Å². The predicted molar refractivity (Wildman–Crippen MR) is 104 cm³/mol. The third kappa shape index (κ3) is 6.94. The predicted octanol–water partition coefficient (Wildman–Crippen LogP) is 4.31. The Balaban J connectivity index is 2.08. The number of ether oxygens (including phenoxy) is 4. The number of hydrogen-bond acceptors (Lipinski definition) is 5. The molecular formula is C22H28O5. The molecule has 0 amide bonds. The van der Waals surface area contributed by atoms with Gasteiger partial charge in [0.25, 0.3) is 0 Å². The van der Waals surface area contributed by atoms with Gasteiger partial charge >= 0.3 is 5.97 Å². The molecule has 2 rings (SSSR count). The Morgan fingerprint density at radius 3 is 2.37 bits per heavy atom. The van der Waals surface area contributed by atoms with Crippen molar-refractivity contribution in [3.05, 3.63) is 59.2 Å². The maximum atomic E-state index is 11.7. The average Bonchev–Trinajstić information content (AvgIpc) is 2.70. The highest BCUT2D eigenvalue weighted by atomic mass is 16.7. The zero-order valence-corrected chi connectivity index (χ0v) is 16.3. The van der Waals surface area contributed by atoms with Gasteiger partial charge in [0, 0.05) is 19.6 Å². The molecule has 27 heavy (non-hydrogen) atoms. The molecule has 0 radical (unpaired) electrons. The highest BCUT2D eigenvalue weighted by Crippen LogP contribution is 2.27. The van der Waals surface area contributed by atoms with Gasteiger partial charge in [0.2, 0.25) is 0 Å². The van der Waals surface area contributed by atoms with Crippen molar-refractivity contribution in [1.82, 2.24) is 0 Å². The van der Waals surface area contributed by atoms with Gasteiger partial charge in [0.05, 0.1) is 6.61 Å². The second kappa shape index (κ2) is 11.2. The van der Waals surface area contributed by atoms with Crippen LogP contribution < -0.4 is 9.47 Å². The second-order valence-corrected chi connectivity index (χ2v) is 6.08. The van der Waals surface area contributed by atoms with E-state index in [1.165, 1.54) is 5.56 Å². The molecule has 0 saturated heterocycles. The minimum Gasteiger partial charge on any atom is -0.488 e. The number of methoxy groups -OCH3 is 1. The van der Waals surface area contributed by atoms with E-state index in [1.54, 1.807) is 14.0 Å². The van der Waals surface area contributed by atoms with E-state index >= 15 is 0 Å². The van der Waals surface area contributed by atoms with Crippen molar-refractivity contribution in [1.29, 1.82) is 0 Å². The van der Waals surface area contributed by atoms with Crippen molar-refractivity contribution in [2.75, 3.05) is 20.5 Å². The van der Waals surface area contributed by atoms with Crippen LogP contribution in [0.25, 0.3) is 0 Å². The lowest BCUT2D eigenvalue weighted by atomic mass is 10.1. The van der Waals surface area contributed by atoms with Crippen LogP contribution in [0.5, 0.6) is 11.5 Å². The summed E-state index contributed by atoms with van der Waals surface area (Å²) in [4.78, 5) is 11.7. The molecular weight excluding hydrogens is 344 g/mol. The standard InChI is InChI=1S/C22H28O5/c1-4-17-6-8-18(9-7-17)15-26-21-14-20(27-16-24-3)12-10-19(21)11-13-22(23)25-5-2/h6-10,12,14H,4-5,11,13,15-16H2,1-3H3. The number of aryl methyl sites for hydroxylation is 2. The lowest BCUT2D eigenvalue weighted by Crippen LogP contribution is -2.07. The van der Waals surface area contributed by atoms with Crippen LogP contribution in [-0.4, -0.2) is 26.5 Å². The van der Waals surface area contributed by atoms with Gasteiger partial charge in [0.1, 0.15) is 18.1 Å². The number of carbonyl (C=O) groups excluding carboxylic acids is 1. The molecule has 5 nitrogen and oxygen atoms in total. The number of hydrogen-bond donors (Lipinski definition) is 0. The van der Waals surface area contributed by atoms with Gasteiger partial charge in [-0.05, 0) is 42.5 Å². The maximum absolute atomic E-state index is 11.7. The number of carbonyl (C=O) groups is 1. The Morgan fingerprint density at radius 1 is 0.963 bits per heavy atom. The molecule has 0 aliphatic rings. The van der Waals surface area contributed by atoms with E-state index in [2.05, 4.69) is 31.2 Å². The lowest BCUT2D eigenvalue weighted by Gasteiger charge is -2.14. The number of benzene rings is 2. The summed E-state index contributed by atoms with van der Waals surface area (Å²) in [5.41, 5.74) is 3.33. The first-order chi connectivity index (χ1) is 13.2. The first kappa shape index (κ1) is 20.8. The Hall–Kier alpha value is -2.53. The van der Waals surface area contributed by atoms with E-state index in [0.717, 1.165) is 17.5 Å². The zero-order chi connectivity index (χ0) is 19.5. The van der Waals surface area contributed by atoms with Gasteiger partial charge in [-0.2, -0.15) is 0 Å². The molecule has 0 bridgehead atoms. The summed E-state index contributed by atoms with van der Waals surface area (Å²) >= 11 is 0. The summed E-state index contributed by atoms with van der Waals surface area (Å²) < 4.78 is 21.5. The fraction of sp³-hybridized carbons (Fsp3) is 0.409. The monoisotopic (exact) mass is 372 g/mol. The second-order valence-electron chi connectivity index (χ2n) is 6.08. The Kier molecular flexibility index (Phi) is 8.65. The minimum absolute atomic E-state index is 0.167. The summed E-state index contributed by atoms with van der Waals surface area (Å²) in [5, 5.41) is 0. The Morgan fingerprint density at radius 2 is 1.70 bits per heavy atom. The summed E-state index contributed by atoms with van der Waals surface area (Å²) in [7, 11) is 1.57. The topological polar surface area (TPSA) is 54.0 Å². The van der Waals surface area contributed by atoms with E-state index in [-0.39, 0.29) is 12.8 Å². The van der Waals surface area contributed by atoms with E-state index in [1.807, 2.05) is 18.2 Å². The molecule has 2 aromatic carbocycles. The third-order valence-electron chi connectivity index (χ3n) is 4.11. The average molecular weight is 372 g/mol. The van der Waals surface area contributed by atoms with Crippen molar-refractivity contribution in [3.63, 3.8) is 0 Å². The van der Waals surface area contributed by atoms with E-state index in [0.29, 0.717) is 37.6 Å². The summed E-state index contributed by atoms with van der Waals surface area (Å²) in [6.45, 7) is 4.94.